The number of sulfone groups is 1. The van der Waals surface area contributed by atoms with Crippen LogP contribution < -0.4 is 5.32 Å². The zero-order valence-electron chi connectivity index (χ0n) is 17.6. The van der Waals surface area contributed by atoms with Crippen molar-refractivity contribution in [3.8, 4) is 0 Å². The molecule has 0 atom stereocenters. The Hall–Kier alpha value is -2.27. The van der Waals surface area contributed by atoms with E-state index < -0.39 is 25.8 Å². The van der Waals surface area contributed by atoms with E-state index in [-0.39, 0.29) is 22.0 Å². The number of hydrogen-bond donors (Lipinski definition) is 1. The van der Waals surface area contributed by atoms with Gasteiger partial charge in [0.2, 0.25) is 15.9 Å². The third-order valence-corrected chi connectivity index (χ3v) is 8.86. The molecule has 31 heavy (non-hydrogen) atoms. The first-order valence-corrected chi connectivity index (χ1v) is 13.1. The van der Waals surface area contributed by atoms with Gasteiger partial charge in [-0.25, -0.2) is 16.8 Å². The van der Waals surface area contributed by atoms with Gasteiger partial charge in [0.05, 0.1) is 15.5 Å². The van der Waals surface area contributed by atoms with Crippen molar-refractivity contribution in [3.63, 3.8) is 0 Å². The number of carbonyl (C=O) groups is 1. The molecule has 0 unspecified atom stereocenters. The van der Waals surface area contributed by atoms with Crippen molar-refractivity contribution >= 4 is 31.5 Å². The lowest BCUT2D eigenvalue weighted by Crippen LogP contribution is -2.46. The number of aryl methyl sites for hydroxylation is 1. The zero-order chi connectivity index (χ0) is 22.6. The van der Waals surface area contributed by atoms with E-state index in [0.717, 1.165) is 5.56 Å². The number of sulfonamides is 1. The summed E-state index contributed by atoms with van der Waals surface area (Å²) in [5.74, 6) is -0.761. The van der Waals surface area contributed by atoms with E-state index in [0.29, 0.717) is 31.9 Å². The smallest absolute Gasteiger partial charge is 0.243 e. The summed E-state index contributed by atoms with van der Waals surface area (Å²) in [6.07, 6.45) is -0.197. The average molecular weight is 466 g/mol. The molecule has 168 valence electrons. The second kappa shape index (κ2) is 9.47. The molecule has 1 fully saturated rings. The molecule has 0 radical (unpaired) electrons. The highest BCUT2D eigenvalue weighted by Crippen LogP contribution is 2.20. The summed E-state index contributed by atoms with van der Waals surface area (Å²) in [7, 11) is -5.18. The average Bonchev–Trinajstić information content (AvgIpc) is 2.73. The predicted octanol–water partition coefficient (Wildman–Crippen LogP) is 1.73. The molecule has 1 saturated heterocycles. The minimum absolute atomic E-state index is 0.164. The summed E-state index contributed by atoms with van der Waals surface area (Å²) in [6.45, 7) is 4.10. The number of amides is 1. The highest BCUT2D eigenvalue weighted by molar-refractivity contribution is 7.91. The molecule has 1 aliphatic rings. The predicted molar refractivity (Wildman–Crippen MR) is 119 cm³/mol. The highest BCUT2D eigenvalue weighted by Gasteiger charge is 2.27. The Bertz CT molecular complexity index is 1120. The number of benzene rings is 2. The quantitative estimate of drug-likeness (QED) is 0.668. The third-order valence-electron chi connectivity index (χ3n) is 5.22. The van der Waals surface area contributed by atoms with Gasteiger partial charge in [0.1, 0.15) is 0 Å². The van der Waals surface area contributed by atoms with Gasteiger partial charge in [0.25, 0.3) is 0 Å². The molecule has 1 N–H and O–H groups in total. The molecular weight excluding hydrogens is 438 g/mol. The number of anilines is 1. The second-order valence-electron chi connectivity index (χ2n) is 7.66. The van der Waals surface area contributed by atoms with Crippen LogP contribution in [0, 0.1) is 6.92 Å². The fourth-order valence-corrected chi connectivity index (χ4v) is 5.86. The lowest BCUT2D eigenvalue weighted by Gasteiger charge is -2.31. The molecule has 0 aliphatic carbocycles. The van der Waals surface area contributed by atoms with Crippen LogP contribution in [0.3, 0.4) is 0 Å². The summed E-state index contributed by atoms with van der Waals surface area (Å²) < 4.78 is 51.7. The van der Waals surface area contributed by atoms with Gasteiger partial charge in [0.15, 0.2) is 9.84 Å². The van der Waals surface area contributed by atoms with Crippen LogP contribution in [0.5, 0.6) is 0 Å². The number of carbonyl (C=O) groups excluding carboxylic acids is 1. The maximum atomic E-state index is 12.7. The molecule has 0 bridgehead atoms. The van der Waals surface area contributed by atoms with Crippen LogP contribution in [-0.2, 0) is 24.7 Å². The van der Waals surface area contributed by atoms with Crippen LogP contribution in [0.4, 0.5) is 5.69 Å². The molecule has 3 rings (SSSR count). The maximum absolute atomic E-state index is 12.7. The lowest BCUT2D eigenvalue weighted by molar-refractivity contribution is -0.115. The molecular formula is C21H27N3O5S2. The molecule has 1 amide bonds. The second-order valence-corrected chi connectivity index (χ2v) is 11.7. The van der Waals surface area contributed by atoms with E-state index in [1.807, 2.05) is 14.0 Å². The first-order chi connectivity index (χ1) is 14.6. The number of hydrogen-bond acceptors (Lipinski definition) is 6. The van der Waals surface area contributed by atoms with Crippen molar-refractivity contribution in [1.82, 2.24) is 9.21 Å². The molecule has 10 heteroatoms. The van der Waals surface area contributed by atoms with Gasteiger partial charge in [-0.3, -0.25) is 4.79 Å². The van der Waals surface area contributed by atoms with Crippen LogP contribution >= 0.6 is 0 Å². The van der Waals surface area contributed by atoms with Gasteiger partial charge in [0, 0.05) is 38.3 Å². The van der Waals surface area contributed by atoms with Crippen molar-refractivity contribution in [2.75, 3.05) is 44.3 Å². The Labute approximate surface area is 183 Å². The monoisotopic (exact) mass is 465 g/mol. The Balaban J connectivity index is 1.58. The number of rotatable bonds is 7. The largest absolute Gasteiger partial charge is 0.326 e. The van der Waals surface area contributed by atoms with Crippen molar-refractivity contribution in [3.05, 3.63) is 54.1 Å². The molecule has 0 aromatic heterocycles. The van der Waals surface area contributed by atoms with Crippen molar-refractivity contribution in [2.45, 2.75) is 23.1 Å². The van der Waals surface area contributed by atoms with Gasteiger partial charge in [-0.2, -0.15) is 4.31 Å². The summed E-state index contributed by atoms with van der Waals surface area (Å²) in [4.78, 5) is 14.6. The Morgan fingerprint density at radius 1 is 0.871 bits per heavy atom. The maximum Gasteiger partial charge on any atom is 0.243 e. The topological polar surface area (TPSA) is 104 Å². The van der Waals surface area contributed by atoms with Crippen LogP contribution in [-0.4, -0.2) is 70.9 Å². The zero-order valence-corrected chi connectivity index (χ0v) is 19.2. The van der Waals surface area contributed by atoms with Crippen LogP contribution in [0.2, 0.25) is 0 Å². The van der Waals surface area contributed by atoms with Gasteiger partial charge in [-0.1, -0.05) is 17.7 Å². The molecule has 2 aromatic carbocycles. The van der Waals surface area contributed by atoms with Gasteiger partial charge in [-0.05, 0) is 50.4 Å². The van der Waals surface area contributed by atoms with Crippen molar-refractivity contribution in [2.24, 2.45) is 0 Å². The Morgan fingerprint density at radius 2 is 1.42 bits per heavy atom. The molecule has 1 aliphatic heterocycles. The van der Waals surface area contributed by atoms with Crippen LogP contribution in [0.15, 0.2) is 58.3 Å². The SMILES string of the molecule is Cc1ccc(S(=O)(=O)CCC(=O)Nc2ccc(S(=O)(=O)N3CCN(C)CC3)cc2)cc1. The van der Waals surface area contributed by atoms with Crippen molar-refractivity contribution in [1.29, 1.82) is 0 Å². The minimum atomic E-state index is -3.58. The van der Waals surface area contributed by atoms with E-state index in [1.165, 1.54) is 40.7 Å². The van der Waals surface area contributed by atoms with Gasteiger partial charge < -0.3 is 10.2 Å². The standard InChI is InChI=1S/C21H27N3O5S2/c1-17-3-7-19(8-4-17)30(26,27)16-11-21(25)22-18-5-9-20(10-6-18)31(28,29)24-14-12-23(2)13-15-24/h3-10H,11-16H2,1-2H3,(H,22,25). The molecule has 2 aromatic rings. The molecule has 1 heterocycles. The van der Waals surface area contributed by atoms with E-state index in [9.17, 15) is 21.6 Å². The summed E-state index contributed by atoms with van der Waals surface area (Å²) >= 11 is 0. The number of likely N-dealkylation sites (N-methyl/N-ethyl adjacent to an activating group) is 1. The molecule has 8 nitrogen and oxygen atoms in total. The minimum Gasteiger partial charge on any atom is -0.326 e. The summed E-state index contributed by atoms with van der Waals surface area (Å²) in [6, 6.07) is 12.4. The van der Waals surface area contributed by atoms with E-state index in [2.05, 4.69) is 10.2 Å². The van der Waals surface area contributed by atoms with E-state index in [1.54, 1.807) is 12.1 Å². The van der Waals surface area contributed by atoms with E-state index >= 15 is 0 Å². The Kier molecular flexibility index (Phi) is 7.15. The Morgan fingerprint density at radius 3 is 2.00 bits per heavy atom. The molecule has 0 spiro atoms. The summed E-state index contributed by atoms with van der Waals surface area (Å²) in [5.41, 5.74) is 1.37. The number of nitrogens with one attached hydrogen (secondary N) is 1. The molecule has 0 saturated carbocycles. The first kappa shape index (κ1) is 23.4. The third kappa shape index (κ3) is 5.91. The fraction of sp³-hybridized carbons (Fsp3) is 0.381. The fourth-order valence-electron chi connectivity index (χ4n) is 3.20. The van der Waals surface area contributed by atoms with E-state index in [4.69, 9.17) is 0 Å². The van der Waals surface area contributed by atoms with Gasteiger partial charge in [-0.15, -0.1) is 0 Å². The van der Waals surface area contributed by atoms with Crippen molar-refractivity contribution < 1.29 is 21.6 Å². The normalized spacial score (nSPS) is 16.2. The van der Waals surface area contributed by atoms with Crippen LogP contribution in [0.25, 0.3) is 0 Å². The number of nitrogens with zero attached hydrogens (tertiary/aromatic N) is 2. The van der Waals surface area contributed by atoms with Gasteiger partial charge >= 0.3 is 0 Å². The van der Waals surface area contributed by atoms with Crippen LogP contribution in [0.1, 0.15) is 12.0 Å². The summed E-state index contributed by atoms with van der Waals surface area (Å²) in [5, 5.41) is 2.62. The highest BCUT2D eigenvalue weighted by atomic mass is 32.2. The lowest BCUT2D eigenvalue weighted by atomic mass is 10.2. The first-order valence-electron chi connectivity index (χ1n) is 9.96. The number of piperazine rings is 1.